The van der Waals surface area contributed by atoms with Gasteiger partial charge in [0.05, 0.1) is 56.9 Å². The number of hydrogen-bond donors (Lipinski definition) is 0. The lowest BCUT2D eigenvalue weighted by Crippen LogP contribution is -2.03. The summed E-state index contributed by atoms with van der Waals surface area (Å²) >= 11 is 0. The van der Waals surface area contributed by atoms with Crippen molar-refractivity contribution >= 4 is 0 Å². The maximum atomic E-state index is 5.71. The van der Waals surface area contributed by atoms with Crippen molar-refractivity contribution in [3.63, 3.8) is 0 Å². The molecule has 206 valence electrons. The van der Waals surface area contributed by atoms with E-state index in [1.807, 2.05) is 30.3 Å². The van der Waals surface area contributed by atoms with Crippen molar-refractivity contribution in [3.8, 4) is 46.0 Å². The molecule has 3 rings (SSSR count). The first kappa shape index (κ1) is 28.6. The van der Waals surface area contributed by atoms with Crippen LogP contribution in [0.2, 0.25) is 0 Å². The lowest BCUT2D eigenvalue weighted by Gasteiger charge is -2.17. The van der Waals surface area contributed by atoms with E-state index in [1.54, 1.807) is 56.9 Å². The molecule has 3 aromatic rings. The van der Waals surface area contributed by atoms with Crippen LogP contribution in [0.4, 0.5) is 0 Å². The minimum Gasteiger partial charge on any atom is -0.496 e. The molecule has 8 heteroatoms. The molecule has 0 saturated heterocycles. The van der Waals surface area contributed by atoms with Crippen LogP contribution >= 0.6 is 0 Å². The summed E-state index contributed by atoms with van der Waals surface area (Å²) in [5, 5.41) is 0. The van der Waals surface area contributed by atoms with E-state index in [4.69, 9.17) is 37.9 Å². The van der Waals surface area contributed by atoms with Gasteiger partial charge in [-0.05, 0) is 78.3 Å². The fraction of sp³-hybridized carbons (Fsp3) is 0.400. The molecule has 0 radical (unpaired) electrons. The van der Waals surface area contributed by atoms with Crippen molar-refractivity contribution in [2.45, 2.75) is 25.7 Å². The minimum atomic E-state index is 0.579. The van der Waals surface area contributed by atoms with Gasteiger partial charge in [0.15, 0.2) is 23.0 Å². The summed E-state index contributed by atoms with van der Waals surface area (Å²) in [6.45, 7) is 0. The maximum Gasteiger partial charge on any atom is 0.203 e. The summed E-state index contributed by atoms with van der Waals surface area (Å²) in [7, 11) is 13.0. The Kier molecular flexibility index (Phi) is 10.2. The quantitative estimate of drug-likeness (QED) is 0.279. The highest BCUT2D eigenvalue weighted by molar-refractivity contribution is 5.55. The number of ether oxygens (including phenoxy) is 8. The maximum absolute atomic E-state index is 5.71. The number of aryl methyl sites for hydroxylation is 4. The molecule has 0 N–H and O–H groups in total. The van der Waals surface area contributed by atoms with Gasteiger partial charge >= 0.3 is 0 Å². The lowest BCUT2D eigenvalue weighted by molar-refractivity contribution is 0.324. The second-order valence-corrected chi connectivity index (χ2v) is 8.54. The van der Waals surface area contributed by atoms with Crippen LogP contribution < -0.4 is 37.9 Å². The summed E-state index contributed by atoms with van der Waals surface area (Å²) in [5.41, 5.74) is 4.30. The highest BCUT2D eigenvalue weighted by Crippen LogP contribution is 2.40. The van der Waals surface area contributed by atoms with Crippen LogP contribution in [0, 0.1) is 0 Å². The molecular weight excluding hydrogens is 488 g/mol. The van der Waals surface area contributed by atoms with Crippen LogP contribution in [0.1, 0.15) is 22.3 Å². The first-order valence-electron chi connectivity index (χ1n) is 12.3. The zero-order valence-electron chi connectivity index (χ0n) is 23.6. The molecule has 3 aromatic carbocycles. The molecule has 0 aliphatic carbocycles. The smallest absolute Gasteiger partial charge is 0.203 e. The first-order valence-corrected chi connectivity index (χ1v) is 12.3. The van der Waals surface area contributed by atoms with E-state index in [9.17, 15) is 0 Å². The second-order valence-electron chi connectivity index (χ2n) is 8.54. The Morgan fingerprint density at radius 2 is 0.658 bits per heavy atom. The predicted octanol–water partition coefficient (Wildman–Crippen LogP) is 5.33. The normalized spacial score (nSPS) is 10.5. The van der Waals surface area contributed by atoms with Crippen molar-refractivity contribution in [2.75, 3.05) is 56.9 Å². The van der Waals surface area contributed by atoms with E-state index in [2.05, 4.69) is 6.07 Å². The molecule has 0 heterocycles. The summed E-state index contributed by atoms with van der Waals surface area (Å²) in [4.78, 5) is 0. The van der Waals surface area contributed by atoms with Crippen molar-refractivity contribution in [1.29, 1.82) is 0 Å². The van der Waals surface area contributed by atoms with Crippen LogP contribution in [0.5, 0.6) is 46.0 Å². The molecule has 8 nitrogen and oxygen atoms in total. The summed E-state index contributed by atoms with van der Waals surface area (Å²) in [5.74, 6) is 5.26. The average Bonchev–Trinajstić information content (AvgIpc) is 2.97. The highest BCUT2D eigenvalue weighted by atomic mass is 16.5. The van der Waals surface area contributed by atoms with Crippen LogP contribution in [-0.2, 0) is 25.7 Å². The highest BCUT2D eigenvalue weighted by Gasteiger charge is 2.17. The molecule has 0 fully saturated rings. The van der Waals surface area contributed by atoms with Crippen LogP contribution in [-0.4, -0.2) is 56.9 Å². The Morgan fingerprint density at radius 1 is 0.342 bits per heavy atom. The van der Waals surface area contributed by atoms with Gasteiger partial charge in [0.2, 0.25) is 11.5 Å². The summed E-state index contributed by atoms with van der Waals surface area (Å²) in [6.07, 6.45) is 3.02. The Morgan fingerprint density at radius 3 is 0.921 bits per heavy atom. The van der Waals surface area contributed by atoms with Crippen LogP contribution in [0.3, 0.4) is 0 Å². The summed E-state index contributed by atoms with van der Waals surface area (Å²) < 4.78 is 44.4. The van der Waals surface area contributed by atoms with Gasteiger partial charge in [0.1, 0.15) is 11.5 Å². The third-order valence-electron chi connectivity index (χ3n) is 6.50. The predicted molar refractivity (Wildman–Crippen MR) is 147 cm³/mol. The van der Waals surface area contributed by atoms with Crippen LogP contribution in [0.15, 0.2) is 36.4 Å². The third kappa shape index (κ3) is 6.30. The van der Waals surface area contributed by atoms with Gasteiger partial charge in [-0.25, -0.2) is 0 Å². The third-order valence-corrected chi connectivity index (χ3v) is 6.50. The Bertz CT molecular complexity index is 1080. The molecule has 0 amide bonds. The van der Waals surface area contributed by atoms with Crippen molar-refractivity contribution in [2.24, 2.45) is 0 Å². The fourth-order valence-corrected chi connectivity index (χ4v) is 4.55. The molecule has 0 aromatic heterocycles. The Hall–Kier alpha value is -3.94. The van der Waals surface area contributed by atoms with E-state index < -0.39 is 0 Å². The summed E-state index contributed by atoms with van der Waals surface area (Å²) in [6, 6.07) is 12.0. The molecular formula is C30H38O8. The molecule has 0 bridgehead atoms. The van der Waals surface area contributed by atoms with E-state index >= 15 is 0 Å². The number of methoxy groups -OCH3 is 8. The SMILES string of the molecule is COc1cc(OC)c(CCc2cc(OC)c(OC)c(OC)c2)cc1CCc1cc(OC)c(OC)c(OC)c1. The van der Waals surface area contributed by atoms with E-state index in [0.717, 1.165) is 59.4 Å². The van der Waals surface area contributed by atoms with Gasteiger partial charge in [-0.1, -0.05) is 0 Å². The van der Waals surface area contributed by atoms with Crippen molar-refractivity contribution in [3.05, 3.63) is 58.7 Å². The lowest BCUT2D eigenvalue weighted by atomic mass is 9.97. The largest absolute Gasteiger partial charge is 0.496 e. The standard InChI is InChI=1S/C30H38O8/c1-31-23-18-24(32-2)22(12-10-20-15-27(35-5)30(38-8)28(16-20)36-6)17-21(23)11-9-19-13-25(33-3)29(37-7)26(14-19)34-4/h13-18H,9-12H2,1-8H3. The molecule has 38 heavy (non-hydrogen) atoms. The number of benzene rings is 3. The van der Waals surface area contributed by atoms with Gasteiger partial charge < -0.3 is 37.9 Å². The first-order chi connectivity index (χ1) is 18.5. The molecule has 0 saturated carbocycles. The topological polar surface area (TPSA) is 73.8 Å². The van der Waals surface area contributed by atoms with Gasteiger partial charge in [-0.3, -0.25) is 0 Å². The van der Waals surface area contributed by atoms with Crippen LogP contribution in [0.25, 0.3) is 0 Å². The molecule has 0 unspecified atom stereocenters. The van der Waals surface area contributed by atoms with Gasteiger partial charge in [0, 0.05) is 6.07 Å². The minimum absolute atomic E-state index is 0.579. The van der Waals surface area contributed by atoms with Gasteiger partial charge in [0.25, 0.3) is 0 Å². The Labute approximate surface area is 225 Å². The zero-order chi connectivity index (χ0) is 27.7. The number of hydrogen-bond acceptors (Lipinski definition) is 8. The molecule has 0 aliphatic rings. The van der Waals surface area contributed by atoms with E-state index in [0.29, 0.717) is 34.5 Å². The van der Waals surface area contributed by atoms with Crippen molar-refractivity contribution < 1.29 is 37.9 Å². The van der Waals surface area contributed by atoms with E-state index in [-0.39, 0.29) is 0 Å². The number of rotatable bonds is 14. The van der Waals surface area contributed by atoms with Gasteiger partial charge in [-0.2, -0.15) is 0 Å². The second kappa shape index (κ2) is 13.6. The molecule has 0 spiro atoms. The average molecular weight is 527 g/mol. The monoisotopic (exact) mass is 526 g/mol. The zero-order valence-corrected chi connectivity index (χ0v) is 23.6. The molecule has 0 aliphatic heterocycles. The molecule has 0 atom stereocenters. The Balaban J connectivity index is 1.87. The van der Waals surface area contributed by atoms with E-state index in [1.165, 1.54) is 0 Å². The fourth-order valence-electron chi connectivity index (χ4n) is 4.55. The van der Waals surface area contributed by atoms with Crippen molar-refractivity contribution in [1.82, 2.24) is 0 Å². The van der Waals surface area contributed by atoms with Gasteiger partial charge in [-0.15, -0.1) is 0 Å².